The van der Waals surface area contributed by atoms with Crippen LogP contribution in [-0.2, 0) is 9.59 Å². The van der Waals surface area contributed by atoms with E-state index in [1.807, 2.05) is 0 Å². The molecule has 112 valence electrons. The molecule has 2 heterocycles. The van der Waals surface area contributed by atoms with Gasteiger partial charge in [-0.1, -0.05) is 17.3 Å². The van der Waals surface area contributed by atoms with E-state index in [1.54, 1.807) is 24.3 Å². The third kappa shape index (κ3) is 2.41. The predicted octanol–water partition coefficient (Wildman–Crippen LogP) is 0.503. The molecule has 8 nitrogen and oxygen atoms in total. The molecule has 0 bridgehead atoms. The lowest BCUT2D eigenvalue weighted by Gasteiger charge is -2.26. The predicted molar refractivity (Wildman–Crippen MR) is 74.3 cm³/mol. The first kappa shape index (κ1) is 13.8. The van der Waals surface area contributed by atoms with Crippen LogP contribution in [0.4, 0.5) is 5.69 Å². The highest BCUT2D eigenvalue weighted by Crippen LogP contribution is 2.26. The van der Waals surface area contributed by atoms with E-state index < -0.39 is 17.8 Å². The van der Waals surface area contributed by atoms with Gasteiger partial charge in [0.15, 0.2) is 11.5 Å². The fraction of sp³-hybridized carbons (Fsp3) is 0.143. The summed E-state index contributed by atoms with van der Waals surface area (Å²) in [5.41, 5.74) is 0.899. The Kier molecular flexibility index (Phi) is 3.34. The lowest BCUT2D eigenvalue weighted by molar-refractivity contribution is -0.138. The van der Waals surface area contributed by atoms with E-state index in [0.717, 1.165) is 0 Å². The van der Waals surface area contributed by atoms with Gasteiger partial charge in [-0.05, 0) is 12.1 Å². The molecule has 2 aromatic rings. The average Bonchev–Trinajstić information content (AvgIpc) is 3.00. The van der Waals surface area contributed by atoms with Crippen LogP contribution in [0, 0.1) is 0 Å². The van der Waals surface area contributed by atoms with E-state index in [9.17, 15) is 14.4 Å². The van der Waals surface area contributed by atoms with Crippen molar-refractivity contribution in [2.75, 3.05) is 18.0 Å². The highest BCUT2D eigenvalue weighted by atomic mass is 16.5. The summed E-state index contributed by atoms with van der Waals surface area (Å²) in [5.74, 6) is -2.20. The van der Waals surface area contributed by atoms with E-state index in [0.29, 0.717) is 24.3 Å². The van der Waals surface area contributed by atoms with Crippen LogP contribution in [0.1, 0.15) is 10.5 Å². The summed E-state index contributed by atoms with van der Waals surface area (Å²) in [6.07, 6.45) is 0. The van der Waals surface area contributed by atoms with Crippen molar-refractivity contribution in [3.8, 4) is 11.3 Å². The first-order valence-electron chi connectivity index (χ1n) is 6.46. The Morgan fingerprint density at radius 2 is 2.14 bits per heavy atom. The maximum Gasteiger partial charge on any atom is 0.358 e. The number of carbonyl (C=O) groups excluding carboxylic acids is 2. The second kappa shape index (κ2) is 5.32. The van der Waals surface area contributed by atoms with E-state index in [-0.39, 0.29) is 11.5 Å². The van der Waals surface area contributed by atoms with E-state index in [2.05, 4.69) is 10.5 Å². The monoisotopic (exact) mass is 301 g/mol. The van der Waals surface area contributed by atoms with Crippen molar-refractivity contribution < 1.29 is 24.0 Å². The summed E-state index contributed by atoms with van der Waals surface area (Å²) >= 11 is 0. The van der Waals surface area contributed by atoms with Gasteiger partial charge in [-0.2, -0.15) is 0 Å². The molecule has 1 aromatic carbocycles. The van der Waals surface area contributed by atoms with Crippen LogP contribution in [0.15, 0.2) is 34.9 Å². The van der Waals surface area contributed by atoms with Gasteiger partial charge in [-0.25, -0.2) is 4.79 Å². The lowest BCUT2D eigenvalue weighted by atomic mass is 10.1. The minimum atomic E-state index is -1.19. The van der Waals surface area contributed by atoms with Gasteiger partial charge < -0.3 is 19.8 Å². The van der Waals surface area contributed by atoms with Crippen LogP contribution < -0.4 is 10.2 Å². The molecular formula is C14H11N3O5. The third-order valence-electron chi connectivity index (χ3n) is 3.23. The Labute approximate surface area is 124 Å². The van der Waals surface area contributed by atoms with Crippen molar-refractivity contribution in [1.82, 2.24) is 10.5 Å². The standard InChI is InChI=1S/C14H11N3O5/c18-12-13(19)17(5-4-15-12)9-3-1-2-8(6-9)11-7-10(14(20)21)16-22-11/h1-3,6-7H,4-5H2,(H,15,18)(H,20,21). The molecule has 1 fully saturated rings. The topological polar surface area (TPSA) is 113 Å². The molecule has 3 rings (SSSR count). The van der Waals surface area contributed by atoms with Gasteiger partial charge in [0.05, 0.1) is 0 Å². The van der Waals surface area contributed by atoms with Gasteiger partial charge in [0.2, 0.25) is 0 Å². The smallest absolute Gasteiger partial charge is 0.358 e. The van der Waals surface area contributed by atoms with E-state index in [1.165, 1.54) is 11.0 Å². The molecule has 22 heavy (non-hydrogen) atoms. The number of carboxylic acid groups (broad SMARTS) is 1. The second-order valence-corrected chi connectivity index (χ2v) is 4.64. The summed E-state index contributed by atoms with van der Waals surface area (Å²) in [6, 6.07) is 8.01. The SMILES string of the molecule is O=C1NCCN(c2cccc(-c3cc(C(=O)O)no3)c2)C1=O. The number of anilines is 1. The molecule has 0 aliphatic carbocycles. The number of rotatable bonds is 3. The summed E-state index contributed by atoms with van der Waals surface area (Å²) in [7, 11) is 0. The van der Waals surface area contributed by atoms with Gasteiger partial charge in [0.25, 0.3) is 0 Å². The van der Waals surface area contributed by atoms with Crippen molar-refractivity contribution in [1.29, 1.82) is 0 Å². The molecular weight excluding hydrogens is 290 g/mol. The lowest BCUT2D eigenvalue weighted by Crippen LogP contribution is -2.52. The van der Waals surface area contributed by atoms with Crippen molar-refractivity contribution in [2.24, 2.45) is 0 Å². The number of nitrogens with one attached hydrogen (secondary N) is 1. The molecule has 0 unspecified atom stereocenters. The van der Waals surface area contributed by atoms with Crippen LogP contribution in [0.3, 0.4) is 0 Å². The molecule has 0 atom stereocenters. The largest absolute Gasteiger partial charge is 0.476 e. The number of carboxylic acids is 1. The first-order valence-corrected chi connectivity index (χ1v) is 6.46. The Bertz CT molecular complexity index is 767. The number of nitrogens with zero attached hydrogens (tertiary/aromatic N) is 2. The third-order valence-corrected chi connectivity index (χ3v) is 3.23. The fourth-order valence-corrected chi connectivity index (χ4v) is 2.17. The summed E-state index contributed by atoms with van der Waals surface area (Å²) in [5, 5.41) is 14.8. The minimum absolute atomic E-state index is 0.200. The highest BCUT2D eigenvalue weighted by molar-refractivity contribution is 6.41. The van der Waals surface area contributed by atoms with Gasteiger partial charge in [-0.3, -0.25) is 9.59 Å². The van der Waals surface area contributed by atoms with Crippen LogP contribution in [0.5, 0.6) is 0 Å². The fourth-order valence-electron chi connectivity index (χ4n) is 2.17. The molecule has 0 radical (unpaired) electrons. The van der Waals surface area contributed by atoms with Gasteiger partial charge in [-0.15, -0.1) is 0 Å². The van der Waals surface area contributed by atoms with Crippen LogP contribution in [-0.4, -0.2) is 41.1 Å². The zero-order chi connectivity index (χ0) is 15.7. The van der Waals surface area contributed by atoms with E-state index in [4.69, 9.17) is 9.63 Å². The zero-order valence-corrected chi connectivity index (χ0v) is 11.3. The first-order chi connectivity index (χ1) is 10.6. The number of amides is 2. The van der Waals surface area contributed by atoms with Crippen molar-refractivity contribution in [2.45, 2.75) is 0 Å². The van der Waals surface area contributed by atoms with Crippen molar-refractivity contribution >= 4 is 23.5 Å². The Morgan fingerprint density at radius 3 is 2.86 bits per heavy atom. The van der Waals surface area contributed by atoms with Crippen molar-refractivity contribution in [3.05, 3.63) is 36.0 Å². The molecule has 8 heteroatoms. The molecule has 1 aliphatic heterocycles. The molecule has 1 saturated heterocycles. The number of carbonyl (C=O) groups is 3. The zero-order valence-electron chi connectivity index (χ0n) is 11.3. The van der Waals surface area contributed by atoms with E-state index >= 15 is 0 Å². The molecule has 2 amide bonds. The highest BCUT2D eigenvalue weighted by Gasteiger charge is 2.27. The summed E-state index contributed by atoms with van der Waals surface area (Å²) < 4.78 is 4.99. The van der Waals surface area contributed by atoms with Crippen molar-refractivity contribution in [3.63, 3.8) is 0 Å². The van der Waals surface area contributed by atoms with Crippen LogP contribution >= 0.6 is 0 Å². The number of benzene rings is 1. The number of hydrogen-bond acceptors (Lipinski definition) is 5. The normalized spacial score (nSPS) is 14.8. The summed E-state index contributed by atoms with van der Waals surface area (Å²) in [4.78, 5) is 35.5. The number of aromatic nitrogens is 1. The molecule has 0 spiro atoms. The number of hydrogen-bond donors (Lipinski definition) is 2. The number of aromatic carboxylic acids is 1. The Hall–Kier alpha value is -3.16. The Balaban J connectivity index is 1.93. The molecule has 0 saturated carbocycles. The van der Waals surface area contributed by atoms with Crippen LogP contribution in [0.2, 0.25) is 0 Å². The maximum atomic E-state index is 11.9. The molecule has 1 aromatic heterocycles. The summed E-state index contributed by atoms with van der Waals surface area (Å²) in [6.45, 7) is 0.741. The molecule has 1 aliphatic rings. The average molecular weight is 301 g/mol. The number of piperazine rings is 1. The van der Waals surface area contributed by atoms with Crippen LogP contribution in [0.25, 0.3) is 11.3 Å². The maximum absolute atomic E-state index is 11.9. The van der Waals surface area contributed by atoms with Gasteiger partial charge in [0, 0.05) is 30.4 Å². The second-order valence-electron chi connectivity index (χ2n) is 4.64. The minimum Gasteiger partial charge on any atom is -0.476 e. The van der Waals surface area contributed by atoms with Gasteiger partial charge in [0.1, 0.15) is 0 Å². The van der Waals surface area contributed by atoms with Gasteiger partial charge >= 0.3 is 17.8 Å². The Morgan fingerprint density at radius 1 is 1.32 bits per heavy atom. The quantitative estimate of drug-likeness (QED) is 0.798. The molecule has 2 N–H and O–H groups in total.